The number of nitrogens with two attached hydrogens (primary N) is 2. The maximum Gasteiger partial charge on any atom is 0.272 e. The first-order valence-corrected chi connectivity index (χ1v) is 13.6. The fraction of sp³-hybridized carbons (Fsp3) is 0.226. The summed E-state index contributed by atoms with van der Waals surface area (Å²) in [5, 5.41) is 8.99. The standard InChI is InChI=1S/C31H33N7O3/c32-15-17-38(33)19-22-11-12-26(25-10-2-1-9-24(22)25)30(39)36-27-13-14-28(41-20-23-8-3-4-16-34-23)37-29(27)31(40)35-18-21-6-5-7-21/h1-4,8-17,21H,5-7,18-20,32-33H2,(H,35,40)(H,36,39)/b17-15-. The molecule has 0 radical (unpaired) electrons. The molecule has 0 aliphatic heterocycles. The second-order valence-electron chi connectivity index (χ2n) is 9.95. The fourth-order valence-electron chi connectivity index (χ4n) is 4.69. The van der Waals surface area contributed by atoms with E-state index < -0.39 is 0 Å². The van der Waals surface area contributed by atoms with Gasteiger partial charge in [-0.2, -0.15) is 0 Å². The molecule has 2 aromatic carbocycles. The van der Waals surface area contributed by atoms with Crippen LogP contribution in [0.3, 0.4) is 0 Å². The summed E-state index contributed by atoms with van der Waals surface area (Å²) in [6, 6.07) is 20.0. The zero-order chi connectivity index (χ0) is 28.6. The minimum atomic E-state index is -0.369. The van der Waals surface area contributed by atoms with Gasteiger partial charge in [0.15, 0.2) is 5.69 Å². The summed E-state index contributed by atoms with van der Waals surface area (Å²) in [6.45, 7) is 1.17. The van der Waals surface area contributed by atoms with Crippen LogP contribution in [-0.4, -0.2) is 33.3 Å². The molecule has 1 aliphatic carbocycles. The van der Waals surface area contributed by atoms with Gasteiger partial charge >= 0.3 is 0 Å². The summed E-state index contributed by atoms with van der Waals surface area (Å²) in [7, 11) is 0. The Bertz CT molecular complexity index is 1550. The Hall–Kier alpha value is -4.96. The Morgan fingerprint density at radius 1 is 1.00 bits per heavy atom. The molecule has 41 heavy (non-hydrogen) atoms. The molecule has 0 bridgehead atoms. The number of hydrazine groups is 1. The molecule has 1 saturated carbocycles. The molecule has 10 heteroatoms. The number of nitrogens with one attached hydrogen (secondary N) is 2. The molecule has 210 valence electrons. The van der Waals surface area contributed by atoms with Crippen molar-refractivity contribution in [2.24, 2.45) is 17.5 Å². The average molecular weight is 552 g/mol. The summed E-state index contributed by atoms with van der Waals surface area (Å²) in [5.41, 5.74) is 7.97. The smallest absolute Gasteiger partial charge is 0.272 e. The number of nitrogens with zero attached hydrogens (tertiary/aromatic N) is 3. The van der Waals surface area contributed by atoms with Crippen molar-refractivity contribution in [2.75, 3.05) is 11.9 Å². The van der Waals surface area contributed by atoms with Crippen LogP contribution in [0.4, 0.5) is 5.69 Å². The van der Waals surface area contributed by atoms with Crippen LogP contribution in [-0.2, 0) is 13.2 Å². The fourth-order valence-corrected chi connectivity index (χ4v) is 4.69. The lowest BCUT2D eigenvalue weighted by Crippen LogP contribution is -2.33. The lowest BCUT2D eigenvalue weighted by atomic mass is 9.85. The van der Waals surface area contributed by atoms with Gasteiger partial charge in [-0.3, -0.25) is 14.6 Å². The number of ether oxygens (including phenoxy) is 1. The predicted molar refractivity (Wildman–Crippen MR) is 157 cm³/mol. The number of carbonyl (C=O) groups excluding carboxylic acids is 2. The highest BCUT2D eigenvalue weighted by Crippen LogP contribution is 2.27. The molecule has 10 nitrogen and oxygen atoms in total. The number of amides is 2. The zero-order valence-electron chi connectivity index (χ0n) is 22.6. The van der Waals surface area contributed by atoms with Gasteiger partial charge in [0.1, 0.15) is 6.61 Å². The van der Waals surface area contributed by atoms with Crippen molar-refractivity contribution in [3.63, 3.8) is 0 Å². The summed E-state index contributed by atoms with van der Waals surface area (Å²) in [4.78, 5) is 35.6. The van der Waals surface area contributed by atoms with Crippen LogP contribution in [0.2, 0.25) is 0 Å². The number of pyridine rings is 2. The molecular formula is C31H33N7O3. The summed E-state index contributed by atoms with van der Waals surface area (Å²) in [5.74, 6) is 6.00. The number of benzene rings is 2. The van der Waals surface area contributed by atoms with E-state index in [0.717, 1.165) is 34.9 Å². The van der Waals surface area contributed by atoms with Crippen LogP contribution >= 0.6 is 0 Å². The molecule has 1 aliphatic rings. The van der Waals surface area contributed by atoms with Crippen molar-refractivity contribution in [3.05, 3.63) is 108 Å². The lowest BCUT2D eigenvalue weighted by Gasteiger charge is -2.25. The molecular weight excluding hydrogens is 518 g/mol. The van der Waals surface area contributed by atoms with Gasteiger partial charge in [0, 0.05) is 36.8 Å². The van der Waals surface area contributed by atoms with Gasteiger partial charge in [-0.15, -0.1) is 0 Å². The highest BCUT2D eigenvalue weighted by molar-refractivity contribution is 6.15. The van der Waals surface area contributed by atoms with Crippen LogP contribution in [0.15, 0.2) is 85.3 Å². The number of carbonyl (C=O) groups is 2. The monoisotopic (exact) mass is 551 g/mol. The van der Waals surface area contributed by atoms with Gasteiger partial charge in [0.2, 0.25) is 5.88 Å². The first-order chi connectivity index (χ1) is 20.0. The summed E-state index contributed by atoms with van der Waals surface area (Å²) >= 11 is 0. The Morgan fingerprint density at radius 3 is 2.54 bits per heavy atom. The van der Waals surface area contributed by atoms with E-state index in [1.165, 1.54) is 17.6 Å². The van der Waals surface area contributed by atoms with Crippen molar-refractivity contribution >= 4 is 28.3 Å². The van der Waals surface area contributed by atoms with E-state index in [0.29, 0.717) is 30.3 Å². The Labute approximate surface area is 238 Å². The van der Waals surface area contributed by atoms with Crippen molar-refractivity contribution in [1.29, 1.82) is 0 Å². The minimum Gasteiger partial charge on any atom is -0.471 e. The van der Waals surface area contributed by atoms with E-state index in [1.807, 2.05) is 48.5 Å². The zero-order valence-corrected chi connectivity index (χ0v) is 22.6. The van der Waals surface area contributed by atoms with Gasteiger partial charge < -0.3 is 26.1 Å². The third-order valence-electron chi connectivity index (χ3n) is 7.09. The molecule has 2 heterocycles. The minimum absolute atomic E-state index is 0.0875. The second kappa shape index (κ2) is 12.9. The molecule has 0 atom stereocenters. The van der Waals surface area contributed by atoms with Crippen LogP contribution in [0.25, 0.3) is 10.8 Å². The van der Waals surface area contributed by atoms with Crippen molar-refractivity contribution in [3.8, 4) is 5.88 Å². The van der Waals surface area contributed by atoms with Crippen LogP contribution in [0.1, 0.15) is 51.4 Å². The van der Waals surface area contributed by atoms with Crippen LogP contribution < -0.4 is 26.9 Å². The number of anilines is 1. The summed E-state index contributed by atoms with van der Waals surface area (Å²) in [6.07, 6.45) is 7.99. The first kappa shape index (κ1) is 27.6. The first-order valence-electron chi connectivity index (χ1n) is 13.6. The van der Waals surface area contributed by atoms with E-state index in [2.05, 4.69) is 20.6 Å². The van der Waals surface area contributed by atoms with E-state index in [1.54, 1.807) is 30.6 Å². The predicted octanol–water partition coefficient (Wildman–Crippen LogP) is 4.10. The molecule has 0 spiro atoms. The quantitative estimate of drug-likeness (QED) is 0.161. The maximum absolute atomic E-state index is 13.6. The lowest BCUT2D eigenvalue weighted by molar-refractivity contribution is 0.0933. The average Bonchev–Trinajstić information content (AvgIpc) is 2.96. The van der Waals surface area contributed by atoms with Gasteiger partial charge in [-0.25, -0.2) is 10.8 Å². The normalized spacial score (nSPS) is 13.1. The molecule has 1 fully saturated rings. The molecule has 0 saturated heterocycles. The highest BCUT2D eigenvalue weighted by atomic mass is 16.5. The molecule has 2 amide bonds. The number of rotatable bonds is 11. The highest BCUT2D eigenvalue weighted by Gasteiger charge is 2.22. The molecule has 5 rings (SSSR count). The van der Waals surface area contributed by atoms with E-state index in [-0.39, 0.29) is 30.0 Å². The van der Waals surface area contributed by atoms with Gasteiger partial charge in [0.25, 0.3) is 11.8 Å². The Morgan fingerprint density at radius 2 is 1.80 bits per heavy atom. The summed E-state index contributed by atoms with van der Waals surface area (Å²) < 4.78 is 5.81. The van der Waals surface area contributed by atoms with Gasteiger partial charge in [-0.1, -0.05) is 42.8 Å². The van der Waals surface area contributed by atoms with E-state index in [4.69, 9.17) is 16.3 Å². The van der Waals surface area contributed by atoms with Crippen LogP contribution in [0.5, 0.6) is 5.88 Å². The van der Waals surface area contributed by atoms with E-state index in [9.17, 15) is 9.59 Å². The molecule has 0 unspecified atom stereocenters. The Balaban J connectivity index is 1.40. The number of hydrogen-bond donors (Lipinski definition) is 4. The maximum atomic E-state index is 13.6. The topological polar surface area (TPSA) is 148 Å². The van der Waals surface area contributed by atoms with Crippen molar-refractivity contribution < 1.29 is 14.3 Å². The van der Waals surface area contributed by atoms with E-state index >= 15 is 0 Å². The number of aromatic nitrogens is 2. The van der Waals surface area contributed by atoms with Crippen molar-refractivity contribution in [2.45, 2.75) is 32.4 Å². The molecule has 2 aromatic heterocycles. The van der Waals surface area contributed by atoms with Crippen LogP contribution in [0, 0.1) is 5.92 Å². The third kappa shape index (κ3) is 6.79. The third-order valence-corrected chi connectivity index (χ3v) is 7.09. The molecule has 6 N–H and O–H groups in total. The van der Waals surface area contributed by atoms with Gasteiger partial charge in [-0.05, 0) is 59.4 Å². The van der Waals surface area contributed by atoms with Crippen molar-refractivity contribution in [1.82, 2.24) is 20.3 Å². The number of hydrogen-bond acceptors (Lipinski definition) is 8. The number of fused-ring (bicyclic) bond motifs is 1. The largest absolute Gasteiger partial charge is 0.471 e. The van der Waals surface area contributed by atoms with Gasteiger partial charge in [0.05, 0.1) is 17.9 Å². The molecule has 4 aromatic rings. The SMILES string of the molecule is N/C=C\N(N)Cc1ccc(C(=O)Nc2ccc(OCc3ccccn3)nc2C(=O)NCC2CCC2)c2ccccc12. The second-order valence-corrected chi connectivity index (χ2v) is 9.95. The Kier molecular flexibility index (Phi) is 8.70.